The van der Waals surface area contributed by atoms with Crippen LogP contribution in [0.15, 0.2) is 54.6 Å². The highest BCUT2D eigenvalue weighted by Gasteiger charge is 2.18. The summed E-state index contributed by atoms with van der Waals surface area (Å²) in [6, 6.07) is 15.2. The predicted molar refractivity (Wildman–Crippen MR) is 102 cm³/mol. The number of hydrogen-bond acceptors (Lipinski definition) is 4. The highest BCUT2D eigenvalue weighted by atomic mass is 28.4. The van der Waals surface area contributed by atoms with Crippen LogP contribution < -0.4 is 9.16 Å². The first-order valence-electron chi connectivity index (χ1n) is 8.13. The smallest absolute Gasteiger partial charge is 0.331 e. The van der Waals surface area contributed by atoms with Gasteiger partial charge in [-0.25, -0.2) is 4.79 Å². The van der Waals surface area contributed by atoms with Gasteiger partial charge in [-0.3, -0.25) is 0 Å². The molecule has 0 atom stereocenters. The van der Waals surface area contributed by atoms with Crippen LogP contribution in [0.25, 0.3) is 6.08 Å². The molecule has 0 N–H and O–H groups in total. The number of methoxy groups -OCH3 is 1. The number of hydrogen-bond donors (Lipinski definition) is 0. The van der Waals surface area contributed by atoms with E-state index < -0.39 is 8.32 Å². The molecular formula is C20H24O4Si. The minimum Gasteiger partial charge on any atom is -0.542 e. The summed E-state index contributed by atoms with van der Waals surface area (Å²) in [5.41, 5.74) is 1.81. The number of carbonyl (C=O) groups excluding carboxylic acids is 1. The zero-order valence-corrected chi connectivity index (χ0v) is 16.1. The number of esters is 1. The molecule has 0 aromatic heterocycles. The lowest BCUT2D eigenvalue weighted by Crippen LogP contribution is -2.29. The van der Waals surface area contributed by atoms with Gasteiger partial charge in [-0.2, -0.15) is 0 Å². The number of rotatable bonds is 7. The number of benzene rings is 2. The van der Waals surface area contributed by atoms with Gasteiger partial charge in [0.05, 0.1) is 7.11 Å². The summed E-state index contributed by atoms with van der Waals surface area (Å²) in [5.74, 6) is 1.00. The molecule has 0 spiro atoms. The van der Waals surface area contributed by atoms with Crippen molar-refractivity contribution in [3.8, 4) is 11.5 Å². The average Bonchev–Trinajstić information content (AvgIpc) is 2.58. The summed E-state index contributed by atoms with van der Waals surface area (Å²) < 4.78 is 16.6. The van der Waals surface area contributed by atoms with Crippen molar-refractivity contribution in [3.05, 3.63) is 65.7 Å². The van der Waals surface area contributed by atoms with Crippen molar-refractivity contribution in [2.24, 2.45) is 0 Å². The van der Waals surface area contributed by atoms with Crippen LogP contribution >= 0.6 is 0 Å². The van der Waals surface area contributed by atoms with Crippen LogP contribution in [0.4, 0.5) is 0 Å². The van der Waals surface area contributed by atoms with E-state index in [2.05, 4.69) is 19.6 Å². The third-order valence-corrected chi connectivity index (χ3v) is 4.07. The van der Waals surface area contributed by atoms with E-state index in [0.29, 0.717) is 11.5 Å². The van der Waals surface area contributed by atoms with Gasteiger partial charge in [0.1, 0.15) is 12.4 Å². The van der Waals surface area contributed by atoms with Crippen LogP contribution in [-0.2, 0) is 16.1 Å². The molecule has 0 saturated carbocycles. The van der Waals surface area contributed by atoms with Gasteiger partial charge in [-0.15, -0.1) is 0 Å². The van der Waals surface area contributed by atoms with E-state index in [0.717, 1.165) is 11.1 Å². The fraction of sp³-hybridized carbons (Fsp3) is 0.250. The second-order valence-corrected chi connectivity index (χ2v) is 11.0. The van der Waals surface area contributed by atoms with Gasteiger partial charge < -0.3 is 13.9 Å². The van der Waals surface area contributed by atoms with Gasteiger partial charge in [-0.1, -0.05) is 36.4 Å². The molecule has 4 nitrogen and oxygen atoms in total. The second-order valence-electron chi connectivity index (χ2n) is 6.55. The van der Waals surface area contributed by atoms with Crippen molar-refractivity contribution in [1.82, 2.24) is 0 Å². The van der Waals surface area contributed by atoms with Gasteiger partial charge in [0.2, 0.25) is 8.32 Å². The molecule has 0 bridgehead atoms. The average molecular weight is 356 g/mol. The van der Waals surface area contributed by atoms with Gasteiger partial charge >= 0.3 is 5.97 Å². The maximum absolute atomic E-state index is 11.9. The van der Waals surface area contributed by atoms with E-state index in [1.807, 2.05) is 48.5 Å². The summed E-state index contributed by atoms with van der Waals surface area (Å²) in [6.45, 7) is 6.58. The third kappa shape index (κ3) is 6.47. The van der Waals surface area contributed by atoms with E-state index in [-0.39, 0.29) is 12.6 Å². The van der Waals surface area contributed by atoms with Crippen LogP contribution in [0.3, 0.4) is 0 Å². The monoisotopic (exact) mass is 356 g/mol. The Hall–Kier alpha value is -2.53. The molecule has 5 heteroatoms. The molecule has 2 aromatic rings. The Morgan fingerprint density at radius 2 is 1.76 bits per heavy atom. The molecule has 0 fully saturated rings. The van der Waals surface area contributed by atoms with E-state index in [4.69, 9.17) is 13.9 Å². The molecule has 2 aromatic carbocycles. The lowest BCUT2D eigenvalue weighted by Gasteiger charge is -2.21. The van der Waals surface area contributed by atoms with Crippen LogP contribution in [-0.4, -0.2) is 21.4 Å². The normalized spacial score (nSPS) is 11.4. The maximum atomic E-state index is 11.9. The number of ether oxygens (including phenoxy) is 2. The van der Waals surface area contributed by atoms with Crippen LogP contribution in [0, 0.1) is 0 Å². The molecule has 0 saturated heterocycles. The Morgan fingerprint density at radius 3 is 2.40 bits per heavy atom. The minimum absolute atomic E-state index is 0.261. The molecule has 2 rings (SSSR count). The summed E-state index contributed by atoms with van der Waals surface area (Å²) in [6.07, 6.45) is 3.13. The molecule has 25 heavy (non-hydrogen) atoms. The molecular weight excluding hydrogens is 332 g/mol. The van der Waals surface area contributed by atoms with E-state index in [1.165, 1.54) is 6.08 Å². The molecule has 0 amide bonds. The summed E-state index contributed by atoms with van der Waals surface area (Å²) in [7, 11) is -0.145. The Kier molecular flexibility index (Phi) is 6.42. The SMILES string of the molecule is COc1ccc(/C=C\C(=O)OCc2ccccc2)cc1O[Si](C)(C)C. The van der Waals surface area contributed by atoms with Gasteiger partial charge in [0.15, 0.2) is 5.75 Å². The van der Waals surface area contributed by atoms with Crippen molar-refractivity contribution < 1.29 is 18.7 Å². The lowest BCUT2D eigenvalue weighted by atomic mass is 10.2. The fourth-order valence-electron chi connectivity index (χ4n) is 2.15. The highest BCUT2D eigenvalue weighted by Crippen LogP contribution is 2.30. The Labute approximate surface area is 150 Å². The Balaban J connectivity index is 2.02. The summed E-state index contributed by atoms with van der Waals surface area (Å²) in [5, 5.41) is 0. The first-order valence-corrected chi connectivity index (χ1v) is 11.5. The zero-order valence-electron chi connectivity index (χ0n) is 15.1. The van der Waals surface area contributed by atoms with Gasteiger partial charge in [-0.05, 0) is 49.0 Å². The fourth-order valence-corrected chi connectivity index (χ4v) is 2.97. The summed E-state index contributed by atoms with van der Waals surface area (Å²) >= 11 is 0. The van der Waals surface area contributed by atoms with Crippen molar-refractivity contribution in [1.29, 1.82) is 0 Å². The standard InChI is InChI=1S/C20H24O4Si/c1-22-18-12-10-16(14-19(18)24-25(2,3)4)11-13-20(21)23-15-17-8-6-5-7-9-17/h5-14H,15H2,1-4H3/b13-11-. The first kappa shape index (κ1) is 18.8. The van der Waals surface area contributed by atoms with Gasteiger partial charge in [0.25, 0.3) is 0 Å². The van der Waals surface area contributed by atoms with Crippen molar-refractivity contribution in [2.45, 2.75) is 26.2 Å². The number of carbonyl (C=O) groups is 1. The molecule has 132 valence electrons. The Bertz CT molecular complexity index is 733. The van der Waals surface area contributed by atoms with E-state index in [9.17, 15) is 4.79 Å². The minimum atomic E-state index is -1.76. The van der Waals surface area contributed by atoms with Crippen molar-refractivity contribution >= 4 is 20.4 Å². The second kappa shape index (κ2) is 8.53. The van der Waals surface area contributed by atoms with Crippen LogP contribution in [0.1, 0.15) is 11.1 Å². The van der Waals surface area contributed by atoms with E-state index in [1.54, 1.807) is 13.2 Å². The van der Waals surface area contributed by atoms with Crippen molar-refractivity contribution in [2.75, 3.05) is 7.11 Å². The topological polar surface area (TPSA) is 44.8 Å². The molecule has 0 aliphatic rings. The molecule has 0 unspecified atom stereocenters. The molecule has 0 aliphatic carbocycles. The van der Waals surface area contributed by atoms with Crippen LogP contribution in [0.5, 0.6) is 11.5 Å². The molecule has 0 aliphatic heterocycles. The lowest BCUT2D eigenvalue weighted by molar-refractivity contribution is -0.138. The quantitative estimate of drug-likeness (QED) is 0.411. The zero-order chi connectivity index (χ0) is 18.3. The Morgan fingerprint density at radius 1 is 1.04 bits per heavy atom. The first-order chi connectivity index (χ1) is 11.9. The summed E-state index contributed by atoms with van der Waals surface area (Å²) in [4.78, 5) is 11.9. The van der Waals surface area contributed by atoms with Gasteiger partial charge in [0, 0.05) is 6.08 Å². The third-order valence-electron chi connectivity index (χ3n) is 3.24. The predicted octanol–water partition coefficient (Wildman–Crippen LogP) is 4.67. The maximum Gasteiger partial charge on any atom is 0.331 e. The molecule has 0 heterocycles. The van der Waals surface area contributed by atoms with Crippen molar-refractivity contribution in [3.63, 3.8) is 0 Å². The van der Waals surface area contributed by atoms with Crippen LogP contribution in [0.2, 0.25) is 19.6 Å². The van der Waals surface area contributed by atoms with E-state index >= 15 is 0 Å². The highest BCUT2D eigenvalue weighted by molar-refractivity contribution is 6.70. The largest absolute Gasteiger partial charge is 0.542 e. The molecule has 0 radical (unpaired) electrons.